The molecule has 3 heterocycles. The minimum absolute atomic E-state index is 0.0992. The number of anilines is 2. The van der Waals surface area contributed by atoms with Crippen LogP contribution in [0.2, 0.25) is 0 Å². The van der Waals surface area contributed by atoms with Crippen LogP contribution in [0.3, 0.4) is 0 Å². The van der Waals surface area contributed by atoms with E-state index in [1.807, 2.05) is 0 Å². The number of hydrogen-bond donors (Lipinski definition) is 0. The van der Waals surface area contributed by atoms with Crippen molar-refractivity contribution in [3.63, 3.8) is 0 Å². The predicted molar refractivity (Wildman–Crippen MR) is 169 cm³/mol. The first-order valence-corrected chi connectivity index (χ1v) is 15.4. The van der Waals surface area contributed by atoms with Crippen molar-refractivity contribution < 1.29 is 9.53 Å². The molecule has 43 heavy (non-hydrogen) atoms. The Hall–Kier alpha value is -4.16. The summed E-state index contributed by atoms with van der Waals surface area (Å²) in [6.45, 7) is 10.0. The van der Waals surface area contributed by atoms with Crippen LogP contribution in [0.25, 0.3) is 10.8 Å². The lowest BCUT2D eigenvalue weighted by Gasteiger charge is -2.42. The van der Waals surface area contributed by atoms with Crippen molar-refractivity contribution >= 4 is 28.2 Å². The smallest absolute Gasteiger partial charge is 0.318 e. The maximum absolute atomic E-state index is 12.6. The molecule has 1 aliphatic carbocycles. The van der Waals surface area contributed by atoms with Crippen molar-refractivity contribution in [2.24, 2.45) is 5.92 Å². The molecular formula is C34H41N7O2. The van der Waals surface area contributed by atoms with Gasteiger partial charge in [0.2, 0.25) is 5.91 Å². The van der Waals surface area contributed by atoms with Crippen LogP contribution in [0, 0.1) is 24.2 Å². The summed E-state index contributed by atoms with van der Waals surface area (Å²) in [6, 6.07) is 15.5. The first-order valence-electron chi connectivity index (χ1n) is 15.4. The second kappa shape index (κ2) is 12.2. The maximum atomic E-state index is 12.6. The van der Waals surface area contributed by atoms with Crippen molar-refractivity contribution in [3.8, 4) is 12.1 Å². The number of rotatable bonds is 8. The van der Waals surface area contributed by atoms with Crippen molar-refractivity contribution in [3.05, 3.63) is 65.9 Å². The van der Waals surface area contributed by atoms with Crippen LogP contribution in [0.15, 0.2) is 49.1 Å². The van der Waals surface area contributed by atoms with Gasteiger partial charge in [0, 0.05) is 55.3 Å². The highest BCUT2D eigenvalue weighted by Crippen LogP contribution is 2.37. The van der Waals surface area contributed by atoms with Gasteiger partial charge in [-0.3, -0.25) is 4.79 Å². The summed E-state index contributed by atoms with van der Waals surface area (Å²) in [4.78, 5) is 31.3. The normalized spacial score (nSPS) is 21.7. The summed E-state index contributed by atoms with van der Waals surface area (Å²) < 4.78 is 6.52. The minimum atomic E-state index is -0.228. The Balaban J connectivity index is 1.35. The first-order chi connectivity index (χ1) is 20.9. The fourth-order valence-electron chi connectivity index (χ4n) is 6.92. The van der Waals surface area contributed by atoms with Gasteiger partial charge in [0.1, 0.15) is 11.9 Å². The molecule has 9 heteroatoms. The van der Waals surface area contributed by atoms with Crippen LogP contribution in [-0.4, -0.2) is 84.6 Å². The van der Waals surface area contributed by atoms with Gasteiger partial charge in [0.05, 0.1) is 30.8 Å². The molecule has 1 aromatic heterocycles. The number of hydrogen-bond acceptors (Lipinski definition) is 8. The Bertz CT molecular complexity index is 1560. The highest BCUT2D eigenvalue weighted by molar-refractivity contribution is 5.97. The van der Waals surface area contributed by atoms with Gasteiger partial charge in [-0.1, -0.05) is 36.9 Å². The van der Waals surface area contributed by atoms with Gasteiger partial charge in [-0.05, 0) is 63.4 Å². The van der Waals surface area contributed by atoms with E-state index >= 15 is 0 Å². The summed E-state index contributed by atoms with van der Waals surface area (Å²) in [5, 5.41) is 12.1. The molecule has 6 rings (SSSR count). The number of piperazine rings is 1. The molecule has 3 aromatic rings. The van der Waals surface area contributed by atoms with E-state index in [4.69, 9.17) is 14.7 Å². The van der Waals surface area contributed by atoms with Crippen LogP contribution < -0.4 is 14.5 Å². The number of carbonyl (C=O) groups is 1. The van der Waals surface area contributed by atoms with E-state index in [0.29, 0.717) is 38.1 Å². The topological polar surface area (TPSA) is 88.8 Å². The highest BCUT2D eigenvalue weighted by atomic mass is 16.5. The lowest BCUT2D eigenvalue weighted by Crippen LogP contribution is -2.55. The third-order valence-corrected chi connectivity index (χ3v) is 9.23. The fourth-order valence-corrected chi connectivity index (χ4v) is 6.92. The van der Waals surface area contributed by atoms with Gasteiger partial charge in [0.25, 0.3) is 0 Å². The molecule has 0 unspecified atom stereocenters. The Kier molecular flexibility index (Phi) is 8.22. The number of ether oxygens (including phenoxy) is 1. The van der Waals surface area contributed by atoms with Crippen molar-refractivity contribution in [1.82, 2.24) is 19.8 Å². The zero-order valence-corrected chi connectivity index (χ0v) is 25.5. The van der Waals surface area contributed by atoms with Gasteiger partial charge in [-0.15, -0.1) is 0 Å². The summed E-state index contributed by atoms with van der Waals surface area (Å²) >= 11 is 0. The molecule has 224 valence electrons. The minimum Gasteiger partial charge on any atom is -0.460 e. The largest absolute Gasteiger partial charge is 0.460 e. The third-order valence-electron chi connectivity index (χ3n) is 9.23. The van der Waals surface area contributed by atoms with Crippen LogP contribution in [0.5, 0.6) is 6.01 Å². The predicted octanol–water partition coefficient (Wildman–Crippen LogP) is 4.34. The number of fused-ring (bicyclic) bond motifs is 2. The average molecular weight is 580 g/mol. The molecule has 2 aromatic carbocycles. The lowest BCUT2D eigenvalue weighted by atomic mass is 9.81. The molecule has 0 spiro atoms. The average Bonchev–Trinajstić information content (AvgIpc) is 3.01. The second-order valence-electron chi connectivity index (χ2n) is 12.3. The molecule has 9 nitrogen and oxygen atoms in total. The Labute approximate surface area is 254 Å². The molecule has 3 atom stereocenters. The third kappa shape index (κ3) is 5.76. The van der Waals surface area contributed by atoms with Crippen LogP contribution in [-0.2, 0) is 17.8 Å². The van der Waals surface area contributed by atoms with Gasteiger partial charge in [0.15, 0.2) is 0 Å². The first kappa shape index (κ1) is 28.9. The van der Waals surface area contributed by atoms with Gasteiger partial charge in [-0.2, -0.15) is 15.2 Å². The summed E-state index contributed by atoms with van der Waals surface area (Å²) in [6.07, 6.45) is 4.64. The number of amides is 1. The molecule has 3 aliphatic rings. The molecule has 0 radical (unpaired) electrons. The summed E-state index contributed by atoms with van der Waals surface area (Å²) in [5.74, 6) is 1.21. The molecule has 2 fully saturated rings. The van der Waals surface area contributed by atoms with E-state index in [2.05, 4.69) is 84.8 Å². The van der Waals surface area contributed by atoms with Crippen molar-refractivity contribution in [2.75, 3.05) is 56.6 Å². The number of carbonyl (C=O) groups excluding carboxylic acids is 1. The lowest BCUT2D eigenvalue weighted by molar-refractivity contribution is -0.128. The van der Waals surface area contributed by atoms with Crippen molar-refractivity contribution in [2.45, 2.75) is 51.3 Å². The van der Waals surface area contributed by atoms with Crippen molar-refractivity contribution in [1.29, 1.82) is 5.26 Å². The molecule has 0 N–H and O–H groups in total. The zero-order valence-electron chi connectivity index (χ0n) is 25.5. The van der Waals surface area contributed by atoms with E-state index in [-0.39, 0.29) is 24.5 Å². The van der Waals surface area contributed by atoms with Crippen LogP contribution in [0.1, 0.15) is 36.1 Å². The number of nitrogens with zero attached hydrogens (tertiary/aromatic N) is 7. The van der Waals surface area contributed by atoms with E-state index in [9.17, 15) is 10.1 Å². The Morgan fingerprint density at radius 3 is 2.67 bits per heavy atom. The standard InChI is InChI=1S/C34H41N7O2/c1-5-31(42)41-19-18-40(21-26(41)14-16-35)33-27-15-17-39(29-11-7-10-24-9-6-8-23(2)32(24)29)22-28(27)36-34(37-33)43-30-13-12-25(30)20-38(3)4/h5-11,25-26,30H,1,12-15,17-22H2,2-4H3/t25-,26+,30-/m1/s1. The number of aromatic nitrogens is 2. The number of benzene rings is 2. The molecular weight excluding hydrogens is 538 g/mol. The second-order valence-corrected chi connectivity index (χ2v) is 12.3. The molecule has 0 bridgehead atoms. The van der Waals surface area contributed by atoms with E-state index in [0.717, 1.165) is 49.4 Å². The van der Waals surface area contributed by atoms with E-state index in [1.165, 1.54) is 28.1 Å². The molecule has 2 aliphatic heterocycles. The number of nitriles is 1. The Morgan fingerprint density at radius 2 is 1.95 bits per heavy atom. The zero-order chi connectivity index (χ0) is 30.1. The van der Waals surface area contributed by atoms with Gasteiger partial charge >= 0.3 is 6.01 Å². The van der Waals surface area contributed by atoms with E-state index < -0.39 is 0 Å². The molecule has 1 saturated heterocycles. The van der Waals surface area contributed by atoms with Gasteiger partial charge in [-0.25, -0.2) is 0 Å². The van der Waals surface area contributed by atoms with E-state index in [1.54, 1.807) is 4.90 Å². The monoisotopic (exact) mass is 579 g/mol. The Morgan fingerprint density at radius 1 is 1.14 bits per heavy atom. The van der Waals surface area contributed by atoms with Gasteiger partial charge < -0.3 is 24.3 Å². The van der Waals surface area contributed by atoms with Crippen LogP contribution in [0.4, 0.5) is 11.5 Å². The number of aryl methyl sites for hydroxylation is 1. The SMILES string of the molecule is C=CC(=O)N1CCN(c2nc(O[C@@H]3CC[C@@H]3CN(C)C)nc3c2CCN(c2cccc4cccc(C)c24)C3)C[C@@H]1CC#N. The molecule has 1 saturated carbocycles. The highest BCUT2D eigenvalue weighted by Gasteiger charge is 2.36. The fraction of sp³-hybridized carbons (Fsp3) is 0.471. The quantitative estimate of drug-likeness (QED) is 0.365. The molecule has 1 amide bonds. The summed E-state index contributed by atoms with van der Waals surface area (Å²) in [7, 11) is 4.20. The summed E-state index contributed by atoms with van der Waals surface area (Å²) in [5.41, 5.74) is 4.61. The maximum Gasteiger partial charge on any atom is 0.318 e. The van der Waals surface area contributed by atoms with Crippen LogP contribution >= 0.6 is 0 Å².